The summed E-state index contributed by atoms with van der Waals surface area (Å²) in [4.78, 5) is 10.0. The molecule has 0 N–H and O–H groups in total. The molecular weight excluding hydrogens is 283 g/mol. The number of rotatable bonds is 4. The van der Waals surface area contributed by atoms with Gasteiger partial charge < -0.3 is 0 Å². The average Bonchev–Trinajstić information content (AvgIpc) is 2.27. The molecule has 0 fully saturated rings. The molecule has 106 valence electrons. The van der Waals surface area contributed by atoms with Crippen molar-refractivity contribution in [3.63, 3.8) is 0 Å². The van der Waals surface area contributed by atoms with Crippen LogP contribution in [-0.2, 0) is 12.6 Å². The molecule has 0 aliphatic carbocycles. The number of hydrogen-bond acceptors (Lipinski definition) is 2. The van der Waals surface area contributed by atoms with Crippen molar-refractivity contribution in [1.29, 1.82) is 0 Å². The van der Waals surface area contributed by atoms with Crippen molar-refractivity contribution in [2.75, 3.05) is 0 Å². The number of nitro groups is 1. The lowest BCUT2D eigenvalue weighted by Gasteiger charge is -2.14. The molecule has 0 radical (unpaired) electrons. The molecule has 1 aromatic rings. The van der Waals surface area contributed by atoms with Gasteiger partial charge in [-0.05, 0) is 18.4 Å². The molecule has 0 saturated heterocycles. The summed E-state index contributed by atoms with van der Waals surface area (Å²) >= 11 is 6.01. The molecule has 0 bridgehead atoms. The molecule has 0 amide bonds. The molecule has 7 heteroatoms. The first-order valence-electron chi connectivity index (χ1n) is 5.61. The first-order valence-corrected chi connectivity index (χ1v) is 6.05. The van der Waals surface area contributed by atoms with Gasteiger partial charge in [0.05, 0.1) is 10.5 Å². The maximum atomic E-state index is 12.5. The zero-order valence-corrected chi connectivity index (χ0v) is 11.1. The molecule has 0 aromatic heterocycles. The van der Waals surface area contributed by atoms with E-state index in [-0.39, 0.29) is 23.3 Å². The Morgan fingerprint density at radius 2 is 1.95 bits per heavy atom. The number of hydrogen-bond donors (Lipinski definition) is 0. The largest absolute Gasteiger partial charge is 0.416 e. The van der Waals surface area contributed by atoms with Gasteiger partial charge in [-0.1, -0.05) is 19.9 Å². The summed E-state index contributed by atoms with van der Waals surface area (Å²) in [5.74, 6) is 0.0727. The predicted octanol–water partition coefficient (Wildman–Crippen LogP) is 4.42. The van der Waals surface area contributed by atoms with Crippen LogP contribution in [0.25, 0.3) is 0 Å². The highest BCUT2D eigenvalue weighted by Gasteiger charge is 2.33. The Kier molecular flexibility index (Phi) is 4.79. The molecular formula is C12H13ClF3NO2. The third-order valence-electron chi connectivity index (χ3n) is 2.75. The first-order chi connectivity index (χ1) is 8.62. The highest BCUT2D eigenvalue weighted by molar-refractivity contribution is 6.20. The maximum absolute atomic E-state index is 12.5. The smallest absolute Gasteiger partial charge is 0.258 e. The Hall–Kier alpha value is -1.30. The molecule has 1 atom stereocenters. The van der Waals surface area contributed by atoms with Crippen LogP contribution in [0.5, 0.6) is 0 Å². The molecule has 1 aromatic carbocycles. The second kappa shape index (κ2) is 5.77. The zero-order valence-electron chi connectivity index (χ0n) is 10.4. The summed E-state index contributed by atoms with van der Waals surface area (Å²) in [7, 11) is 0. The van der Waals surface area contributed by atoms with E-state index in [1.807, 2.05) is 13.8 Å². The van der Waals surface area contributed by atoms with Crippen LogP contribution in [0, 0.1) is 16.0 Å². The lowest BCUT2D eigenvalue weighted by molar-refractivity contribution is -0.385. The van der Waals surface area contributed by atoms with Crippen LogP contribution in [0.2, 0.25) is 0 Å². The minimum absolute atomic E-state index is 0.0727. The van der Waals surface area contributed by atoms with Gasteiger partial charge in [-0.25, -0.2) is 0 Å². The Balaban J connectivity index is 3.16. The van der Waals surface area contributed by atoms with Gasteiger partial charge in [0.25, 0.3) is 5.69 Å². The summed E-state index contributed by atoms with van der Waals surface area (Å²) < 4.78 is 37.5. The molecule has 1 rings (SSSR count). The van der Waals surface area contributed by atoms with E-state index >= 15 is 0 Å². The molecule has 1 unspecified atom stereocenters. The van der Waals surface area contributed by atoms with E-state index in [4.69, 9.17) is 11.6 Å². The fourth-order valence-electron chi connectivity index (χ4n) is 1.53. The summed E-state index contributed by atoms with van der Waals surface area (Å²) in [6, 6.07) is 2.52. The van der Waals surface area contributed by atoms with Crippen molar-refractivity contribution in [3.8, 4) is 0 Å². The van der Waals surface area contributed by atoms with Crippen molar-refractivity contribution < 1.29 is 18.1 Å². The van der Waals surface area contributed by atoms with E-state index in [9.17, 15) is 23.3 Å². The van der Waals surface area contributed by atoms with Gasteiger partial charge in [-0.3, -0.25) is 10.1 Å². The lowest BCUT2D eigenvalue weighted by atomic mass is 9.99. The Morgan fingerprint density at radius 1 is 1.37 bits per heavy atom. The monoisotopic (exact) mass is 295 g/mol. The number of nitrogens with zero attached hydrogens (tertiary/aromatic N) is 1. The normalized spacial score (nSPS) is 13.6. The van der Waals surface area contributed by atoms with E-state index in [2.05, 4.69) is 0 Å². The van der Waals surface area contributed by atoms with Crippen LogP contribution in [0.3, 0.4) is 0 Å². The van der Waals surface area contributed by atoms with Gasteiger partial charge in [-0.15, -0.1) is 11.6 Å². The van der Waals surface area contributed by atoms with Crippen LogP contribution < -0.4 is 0 Å². The Morgan fingerprint density at radius 3 is 2.37 bits per heavy atom. The van der Waals surface area contributed by atoms with Gasteiger partial charge in [-0.2, -0.15) is 13.2 Å². The molecule has 19 heavy (non-hydrogen) atoms. The molecule has 3 nitrogen and oxygen atoms in total. The number of benzene rings is 1. The van der Waals surface area contributed by atoms with Gasteiger partial charge >= 0.3 is 6.18 Å². The number of halogens is 4. The topological polar surface area (TPSA) is 43.1 Å². The van der Waals surface area contributed by atoms with E-state index in [1.54, 1.807) is 0 Å². The first kappa shape index (κ1) is 15.8. The van der Waals surface area contributed by atoms with Crippen molar-refractivity contribution >= 4 is 17.3 Å². The van der Waals surface area contributed by atoms with E-state index < -0.39 is 22.4 Å². The van der Waals surface area contributed by atoms with E-state index in [0.29, 0.717) is 6.07 Å². The lowest BCUT2D eigenvalue weighted by Crippen LogP contribution is -2.13. The Labute approximate surface area is 113 Å². The average molecular weight is 296 g/mol. The second-order valence-corrected chi connectivity index (χ2v) is 5.12. The summed E-state index contributed by atoms with van der Waals surface area (Å²) in [5, 5.41) is 10.5. The summed E-state index contributed by atoms with van der Waals surface area (Å²) in [5.41, 5.74) is -1.36. The molecule has 0 heterocycles. The molecule has 0 aliphatic rings. The zero-order chi connectivity index (χ0) is 14.8. The van der Waals surface area contributed by atoms with Gasteiger partial charge in [0.2, 0.25) is 0 Å². The predicted molar refractivity (Wildman–Crippen MR) is 66.3 cm³/mol. The fraction of sp³-hybridized carbons (Fsp3) is 0.500. The van der Waals surface area contributed by atoms with E-state index in [0.717, 1.165) is 12.1 Å². The van der Waals surface area contributed by atoms with Crippen LogP contribution in [0.4, 0.5) is 18.9 Å². The summed E-state index contributed by atoms with van der Waals surface area (Å²) in [6.07, 6.45) is -4.44. The SMILES string of the molecule is CC(C)C(Cl)Cc1ccc(C(F)(F)F)cc1[N+](=O)[O-]. The number of nitro benzene ring substituents is 1. The third kappa shape index (κ3) is 4.09. The van der Waals surface area contributed by atoms with Crippen molar-refractivity contribution in [2.24, 2.45) is 5.92 Å². The highest BCUT2D eigenvalue weighted by Crippen LogP contribution is 2.34. The molecule has 0 aliphatic heterocycles. The van der Waals surface area contributed by atoms with Gasteiger partial charge in [0.1, 0.15) is 0 Å². The van der Waals surface area contributed by atoms with Crippen molar-refractivity contribution in [2.45, 2.75) is 31.8 Å². The van der Waals surface area contributed by atoms with Crippen LogP contribution in [-0.4, -0.2) is 10.3 Å². The number of alkyl halides is 4. The quantitative estimate of drug-likeness (QED) is 0.469. The van der Waals surface area contributed by atoms with Crippen LogP contribution in [0.1, 0.15) is 25.0 Å². The molecule has 0 spiro atoms. The highest BCUT2D eigenvalue weighted by atomic mass is 35.5. The third-order valence-corrected chi connectivity index (χ3v) is 3.41. The van der Waals surface area contributed by atoms with Gasteiger partial charge in [0, 0.05) is 17.0 Å². The van der Waals surface area contributed by atoms with Crippen molar-refractivity contribution in [3.05, 3.63) is 39.4 Å². The minimum atomic E-state index is -4.60. The van der Waals surface area contributed by atoms with Crippen molar-refractivity contribution in [1.82, 2.24) is 0 Å². The molecule has 0 saturated carbocycles. The second-order valence-electron chi connectivity index (χ2n) is 4.56. The standard InChI is InChI=1S/C12H13ClF3NO2/c1-7(2)10(13)5-8-3-4-9(12(14,15)16)6-11(8)17(18)19/h3-4,6-7,10H,5H2,1-2H3. The Bertz CT molecular complexity index is 475. The van der Waals surface area contributed by atoms with Gasteiger partial charge in [0.15, 0.2) is 0 Å². The minimum Gasteiger partial charge on any atom is -0.258 e. The maximum Gasteiger partial charge on any atom is 0.416 e. The van der Waals surface area contributed by atoms with Crippen LogP contribution in [0.15, 0.2) is 18.2 Å². The van der Waals surface area contributed by atoms with Crippen LogP contribution >= 0.6 is 11.6 Å². The van der Waals surface area contributed by atoms with E-state index in [1.165, 1.54) is 0 Å². The summed E-state index contributed by atoms with van der Waals surface area (Å²) in [6.45, 7) is 3.68. The fourth-order valence-corrected chi connectivity index (χ4v) is 1.69.